The molecule has 0 bridgehead atoms. The molecule has 0 spiro atoms. The number of hydrogen-bond donors (Lipinski definition) is 2. The Hall–Kier alpha value is -0.620. The number of aliphatic carboxylic acids is 1. The molecule has 2 N–H and O–H groups in total. The fourth-order valence-electron chi connectivity index (χ4n) is 1.60. The fraction of sp³-hybridized carbons (Fsp3) is 0.889. The van der Waals surface area contributed by atoms with E-state index in [2.05, 4.69) is 4.72 Å². The van der Waals surface area contributed by atoms with Crippen molar-refractivity contribution in [3.05, 3.63) is 0 Å². The molecule has 1 saturated carbocycles. The van der Waals surface area contributed by atoms with Crippen molar-refractivity contribution in [1.29, 1.82) is 0 Å². The van der Waals surface area contributed by atoms with Gasteiger partial charge in [-0.15, -0.1) is 0 Å². The van der Waals surface area contributed by atoms with Gasteiger partial charge in [-0.2, -0.15) is 0 Å². The number of rotatable bonds is 6. The molecule has 1 fully saturated rings. The third-order valence-electron chi connectivity index (χ3n) is 2.81. The van der Waals surface area contributed by atoms with Gasteiger partial charge in [0.25, 0.3) is 0 Å². The highest BCUT2D eigenvalue weighted by atomic mass is 32.2. The summed E-state index contributed by atoms with van der Waals surface area (Å²) >= 11 is 0. The van der Waals surface area contributed by atoms with Gasteiger partial charge in [0.1, 0.15) is 0 Å². The molecule has 1 aliphatic rings. The topological polar surface area (TPSA) is 83.5 Å². The number of carbonyl (C=O) groups is 1. The molecule has 1 rings (SSSR count). The Balaban J connectivity index is 2.37. The molecule has 1 aliphatic carbocycles. The first-order chi connectivity index (χ1) is 6.91. The van der Waals surface area contributed by atoms with Crippen LogP contribution in [0.25, 0.3) is 0 Å². The maximum absolute atomic E-state index is 11.4. The normalized spacial score (nSPS) is 19.5. The van der Waals surface area contributed by atoms with Gasteiger partial charge in [-0.3, -0.25) is 4.79 Å². The van der Waals surface area contributed by atoms with Crippen molar-refractivity contribution in [2.75, 3.05) is 5.75 Å². The van der Waals surface area contributed by atoms with E-state index in [4.69, 9.17) is 5.11 Å². The summed E-state index contributed by atoms with van der Waals surface area (Å²) in [6.45, 7) is 1.84. The molecule has 6 heteroatoms. The summed E-state index contributed by atoms with van der Waals surface area (Å²) < 4.78 is 25.4. The van der Waals surface area contributed by atoms with Crippen molar-refractivity contribution in [2.24, 2.45) is 5.92 Å². The van der Waals surface area contributed by atoms with E-state index in [1.54, 1.807) is 0 Å². The van der Waals surface area contributed by atoms with Gasteiger partial charge in [0.05, 0.1) is 12.2 Å². The molecule has 0 radical (unpaired) electrons. The Morgan fingerprint density at radius 3 is 2.53 bits per heavy atom. The largest absolute Gasteiger partial charge is 0.481 e. The first kappa shape index (κ1) is 12.4. The van der Waals surface area contributed by atoms with Gasteiger partial charge < -0.3 is 5.11 Å². The lowest BCUT2D eigenvalue weighted by Crippen LogP contribution is -2.41. The molecule has 0 heterocycles. The SMILES string of the molecule is CC(NS(=O)(=O)CCC(=O)O)C1CCC1. The van der Waals surface area contributed by atoms with Gasteiger partial charge in [-0.05, 0) is 25.7 Å². The Morgan fingerprint density at radius 2 is 2.13 bits per heavy atom. The lowest BCUT2D eigenvalue weighted by Gasteiger charge is -2.31. The first-order valence-electron chi connectivity index (χ1n) is 5.12. The maximum atomic E-state index is 11.4. The molecule has 0 aromatic heterocycles. The Morgan fingerprint density at radius 1 is 1.53 bits per heavy atom. The van der Waals surface area contributed by atoms with Gasteiger partial charge in [-0.1, -0.05) is 6.42 Å². The predicted molar refractivity (Wildman–Crippen MR) is 56.0 cm³/mol. The van der Waals surface area contributed by atoms with Crippen LogP contribution in [0.3, 0.4) is 0 Å². The predicted octanol–water partition coefficient (Wildman–Crippen LogP) is 0.569. The quantitative estimate of drug-likeness (QED) is 0.705. The zero-order chi connectivity index (χ0) is 11.5. The summed E-state index contributed by atoms with van der Waals surface area (Å²) in [6, 6.07) is -0.0717. The third kappa shape index (κ3) is 4.17. The molecule has 0 amide bonds. The number of nitrogens with one attached hydrogen (secondary N) is 1. The summed E-state index contributed by atoms with van der Waals surface area (Å²) in [4.78, 5) is 10.2. The standard InChI is InChI=1S/C9H17NO4S/c1-7(8-3-2-4-8)10-15(13,14)6-5-9(11)12/h7-8,10H,2-6H2,1H3,(H,11,12). The van der Waals surface area contributed by atoms with E-state index in [1.165, 1.54) is 0 Å². The number of carboxylic acid groups (broad SMARTS) is 1. The lowest BCUT2D eigenvalue weighted by atomic mass is 9.81. The summed E-state index contributed by atoms with van der Waals surface area (Å²) in [6.07, 6.45) is 2.93. The zero-order valence-electron chi connectivity index (χ0n) is 8.77. The molecule has 0 saturated heterocycles. The van der Waals surface area contributed by atoms with Crippen molar-refractivity contribution in [2.45, 2.75) is 38.6 Å². The number of sulfonamides is 1. The van der Waals surface area contributed by atoms with Crippen molar-refractivity contribution in [1.82, 2.24) is 4.72 Å². The monoisotopic (exact) mass is 235 g/mol. The van der Waals surface area contributed by atoms with Crippen LogP contribution in [0.1, 0.15) is 32.6 Å². The number of hydrogen-bond acceptors (Lipinski definition) is 3. The zero-order valence-corrected chi connectivity index (χ0v) is 9.59. The van der Waals surface area contributed by atoms with E-state index in [0.717, 1.165) is 19.3 Å². The van der Waals surface area contributed by atoms with E-state index in [0.29, 0.717) is 5.92 Å². The minimum atomic E-state index is -3.43. The second-order valence-electron chi connectivity index (χ2n) is 4.06. The summed E-state index contributed by atoms with van der Waals surface area (Å²) in [5.41, 5.74) is 0. The third-order valence-corrected chi connectivity index (χ3v) is 4.28. The molecule has 15 heavy (non-hydrogen) atoms. The van der Waals surface area contributed by atoms with Crippen LogP contribution >= 0.6 is 0 Å². The van der Waals surface area contributed by atoms with Crippen LogP contribution in [0, 0.1) is 5.92 Å². The van der Waals surface area contributed by atoms with E-state index < -0.39 is 16.0 Å². The smallest absolute Gasteiger partial charge is 0.304 e. The summed E-state index contributed by atoms with van der Waals surface area (Å²) in [5.74, 6) is -0.999. The van der Waals surface area contributed by atoms with Gasteiger partial charge in [0.15, 0.2) is 0 Å². The summed E-state index contributed by atoms with van der Waals surface area (Å²) in [5, 5.41) is 8.39. The molecule has 88 valence electrons. The van der Waals surface area contributed by atoms with Crippen molar-refractivity contribution < 1.29 is 18.3 Å². The lowest BCUT2D eigenvalue weighted by molar-refractivity contribution is -0.136. The number of carboxylic acids is 1. The molecular formula is C9H17NO4S. The maximum Gasteiger partial charge on any atom is 0.304 e. The van der Waals surface area contributed by atoms with Crippen LogP contribution in [0.4, 0.5) is 0 Å². The molecular weight excluding hydrogens is 218 g/mol. The minimum Gasteiger partial charge on any atom is -0.481 e. The highest BCUT2D eigenvalue weighted by Gasteiger charge is 2.27. The van der Waals surface area contributed by atoms with Crippen LogP contribution < -0.4 is 4.72 Å². The van der Waals surface area contributed by atoms with Crippen LogP contribution in [-0.2, 0) is 14.8 Å². The Bertz CT molecular complexity index is 321. The van der Waals surface area contributed by atoms with Crippen molar-refractivity contribution in [3.8, 4) is 0 Å². The Labute approximate surface area is 89.9 Å². The molecule has 0 aliphatic heterocycles. The van der Waals surface area contributed by atoms with Gasteiger partial charge >= 0.3 is 5.97 Å². The van der Waals surface area contributed by atoms with E-state index in [9.17, 15) is 13.2 Å². The van der Waals surface area contributed by atoms with E-state index >= 15 is 0 Å². The second kappa shape index (κ2) is 4.94. The molecule has 0 aromatic carbocycles. The summed E-state index contributed by atoms with van der Waals surface area (Å²) in [7, 11) is -3.43. The fourth-order valence-corrected chi connectivity index (χ4v) is 2.92. The highest BCUT2D eigenvalue weighted by Crippen LogP contribution is 2.29. The van der Waals surface area contributed by atoms with Gasteiger partial charge in [0.2, 0.25) is 10.0 Å². The second-order valence-corrected chi connectivity index (χ2v) is 5.93. The van der Waals surface area contributed by atoms with Crippen molar-refractivity contribution in [3.63, 3.8) is 0 Å². The highest BCUT2D eigenvalue weighted by molar-refractivity contribution is 7.89. The van der Waals surface area contributed by atoms with Crippen LogP contribution in [-0.4, -0.2) is 31.3 Å². The Kier molecular flexibility index (Phi) is 4.10. The van der Waals surface area contributed by atoms with Crippen molar-refractivity contribution >= 4 is 16.0 Å². The molecule has 1 unspecified atom stereocenters. The molecule has 5 nitrogen and oxygen atoms in total. The molecule has 1 atom stereocenters. The minimum absolute atomic E-state index is 0.0717. The molecule has 0 aromatic rings. The average molecular weight is 235 g/mol. The van der Waals surface area contributed by atoms with Gasteiger partial charge in [-0.25, -0.2) is 13.1 Å². The average Bonchev–Trinajstić information content (AvgIpc) is 1.96. The first-order valence-corrected chi connectivity index (χ1v) is 6.78. The van der Waals surface area contributed by atoms with E-state index in [1.807, 2.05) is 6.92 Å². The van der Waals surface area contributed by atoms with E-state index in [-0.39, 0.29) is 18.2 Å². The van der Waals surface area contributed by atoms with Crippen LogP contribution in [0.15, 0.2) is 0 Å². The van der Waals surface area contributed by atoms with Gasteiger partial charge in [0, 0.05) is 6.04 Å². The van der Waals surface area contributed by atoms with Crippen LogP contribution in [0.5, 0.6) is 0 Å². The van der Waals surface area contributed by atoms with Crippen LogP contribution in [0.2, 0.25) is 0 Å².